The van der Waals surface area contributed by atoms with Gasteiger partial charge in [0.05, 0.1) is 6.10 Å². The molecule has 2 aliphatic rings. The zero-order chi connectivity index (χ0) is 12.7. The van der Waals surface area contributed by atoms with Gasteiger partial charge < -0.3 is 10.1 Å². The first-order valence-electron chi connectivity index (χ1n) is 6.50. The lowest BCUT2D eigenvalue weighted by molar-refractivity contribution is 0.0327. The number of methoxy groups -OCH3 is 1. The molecule has 0 atom stereocenters. The fourth-order valence-corrected chi connectivity index (χ4v) is 2.42. The van der Waals surface area contributed by atoms with E-state index in [1.54, 1.807) is 7.11 Å². The molecule has 2 saturated carbocycles. The maximum atomic E-state index is 6.18. The van der Waals surface area contributed by atoms with Gasteiger partial charge in [0.1, 0.15) is 16.8 Å². The Morgan fingerprint density at radius 3 is 2.61 bits per heavy atom. The SMILES string of the molecule is COC1CC(Nc2nc(C3CC3)nc(Cl)c2C)C1. The number of ether oxygens (including phenoxy) is 1. The van der Waals surface area contributed by atoms with Crippen LogP contribution in [0.5, 0.6) is 0 Å². The van der Waals surface area contributed by atoms with Gasteiger partial charge in [-0.05, 0) is 32.6 Å². The first-order chi connectivity index (χ1) is 8.67. The van der Waals surface area contributed by atoms with Gasteiger partial charge in [-0.15, -0.1) is 0 Å². The molecule has 18 heavy (non-hydrogen) atoms. The predicted octanol–water partition coefficient (Wildman–Crippen LogP) is 2.91. The summed E-state index contributed by atoms with van der Waals surface area (Å²) in [5.41, 5.74) is 0.946. The van der Waals surface area contributed by atoms with Gasteiger partial charge in [-0.2, -0.15) is 0 Å². The highest BCUT2D eigenvalue weighted by atomic mass is 35.5. The molecule has 1 aromatic rings. The Hall–Kier alpha value is -0.870. The van der Waals surface area contributed by atoms with Crippen molar-refractivity contribution >= 4 is 17.4 Å². The summed E-state index contributed by atoms with van der Waals surface area (Å²) in [5.74, 6) is 2.32. The fraction of sp³-hybridized carbons (Fsp3) is 0.692. The summed E-state index contributed by atoms with van der Waals surface area (Å²) >= 11 is 6.18. The molecule has 2 aliphatic carbocycles. The molecular formula is C13H18ClN3O. The van der Waals surface area contributed by atoms with Crippen LogP contribution in [0.4, 0.5) is 5.82 Å². The zero-order valence-corrected chi connectivity index (χ0v) is 11.5. The molecule has 0 unspecified atom stereocenters. The van der Waals surface area contributed by atoms with E-state index in [-0.39, 0.29) is 0 Å². The largest absolute Gasteiger partial charge is 0.381 e. The molecule has 0 aromatic carbocycles. The third kappa shape index (κ3) is 2.31. The molecule has 0 bridgehead atoms. The van der Waals surface area contributed by atoms with Crippen molar-refractivity contribution in [3.05, 3.63) is 16.5 Å². The minimum absolute atomic E-state index is 0.392. The van der Waals surface area contributed by atoms with Crippen molar-refractivity contribution in [3.8, 4) is 0 Å². The van der Waals surface area contributed by atoms with Crippen molar-refractivity contribution in [1.82, 2.24) is 9.97 Å². The summed E-state index contributed by atoms with van der Waals surface area (Å²) in [5, 5.41) is 4.04. The van der Waals surface area contributed by atoms with Crippen LogP contribution >= 0.6 is 11.6 Å². The van der Waals surface area contributed by atoms with Crippen molar-refractivity contribution < 1.29 is 4.74 Å². The minimum Gasteiger partial charge on any atom is -0.381 e. The van der Waals surface area contributed by atoms with Crippen molar-refractivity contribution in [2.45, 2.75) is 50.7 Å². The molecule has 98 valence electrons. The highest BCUT2D eigenvalue weighted by Crippen LogP contribution is 2.39. The fourth-order valence-electron chi connectivity index (χ4n) is 2.24. The molecule has 1 heterocycles. The van der Waals surface area contributed by atoms with Crippen molar-refractivity contribution in [3.63, 3.8) is 0 Å². The number of hydrogen-bond acceptors (Lipinski definition) is 4. The first kappa shape index (κ1) is 12.2. The molecular weight excluding hydrogens is 250 g/mol. The van der Waals surface area contributed by atoms with Gasteiger partial charge in [0.25, 0.3) is 0 Å². The van der Waals surface area contributed by atoms with Gasteiger partial charge >= 0.3 is 0 Å². The third-order valence-corrected chi connectivity index (χ3v) is 4.18. The van der Waals surface area contributed by atoms with E-state index in [0.717, 1.165) is 30.0 Å². The maximum Gasteiger partial charge on any atom is 0.137 e. The van der Waals surface area contributed by atoms with Crippen LogP contribution in [0.25, 0.3) is 0 Å². The molecule has 5 heteroatoms. The number of aromatic nitrogens is 2. The van der Waals surface area contributed by atoms with E-state index in [9.17, 15) is 0 Å². The second-order valence-corrected chi connectivity index (χ2v) is 5.65. The van der Waals surface area contributed by atoms with Gasteiger partial charge in [-0.25, -0.2) is 9.97 Å². The predicted molar refractivity (Wildman–Crippen MR) is 71.2 cm³/mol. The molecule has 0 aliphatic heterocycles. The monoisotopic (exact) mass is 267 g/mol. The second-order valence-electron chi connectivity index (χ2n) is 5.29. The molecule has 0 amide bonds. The molecule has 0 saturated heterocycles. The van der Waals surface area contributed by atoms with Crippen LogP contribution < -0.4 is 5.32 Å². The summed E-state index contributed by atoms with van der Waals surface area (Å²) in [6.45, 7) is 1.97. The molecule has 0 spiro atoms. The van der Waals surface area contributed by atoms with Gasteiger partial charge in [-0.1, -0.05) is 11.6 Å². The normalized spacial score (nSPS) is 26.8. The molecule has 1 aromatic heterocycles. The van der Waals surface area contributed by atoms with E-state index >= 15 is 0 Å². The van der Waals surface area contributed by atoms with E-state index in [4.69, 9.17) is 16.3 Å². The van der Waals surface area contributed by atoms with Crippen molar-refractivity contribution in [1.29, 1.82) is 0 Å². The standard InChI is InChI=1S/C13H18ClN3O/c1-7-11(14)16-13(8-3-4-8)17-12(7)15-9-5-10(6-9)18-2/h8-10H,3-6H2,1-2H3,(H,15,16,17). The Bertz CT molecular complexity index is 456. The van der Waals surface area contributed by atoms with Crippen LogP contribution in [0.2, 0.25) is 5.15 Å². The summed E-state index contributed by atoms with van der Waals surface area (Å²) in [6, 6.07) is 0.451. The summed E-state index contributed by atoms with van der Waals surface area (Å²) in [6.07, 6.45) is 4.84. The lowest BCUT2D eigenvalue weighted by Crippen LogP contribution is -2.40. The molecule has 2 fully saturated rings. The lowest BCUT2D eigenvalue weighted by Gasteiger charge is -2.35. The Morgan fingerprint density at radius 1 is 1.28 bits per heavy atom. The van der Waals surface area contributed by atoms with E-state index in [0.29, 0.717) is 23.2 Å². The van der Waals surface area contributed by atoms with E-state index in [1.165, 1.54) is 12.8 Å². The maximum absolute atomic E-state index is 6.18. The number of rotatable bonds is 4. The van der Waals surface area contributed by atoms with Gasteiger partial charge in [0, 0.05) is 24.6 Å². The lowest BCUT2D eigenvalue weighted by atomic mass is 9.89. The van der Waals surface area contributed by atoms with E-state index < -0.39 is 0 Å². The van der Waals surface area contributed by atoms with Crippen LogP contribution in [-0.2, 0) is 4.74 Å². The zero-order valence-electron chi connectivity index (χ0n) is 10.7. The van der Waals surface area contributed by atoms with Crippen LogP contribution in [0, 0.1) is 6.92 Å². The highest BCUT2D eigenvalue weighted by molar-refractivity contribution is 6.30. The van der Waals surface area contributed by atoms with Gasteiger partial charge in [0.15, 0.2) is 0 Å². The molecule has 1 N–H and O–H groups in total. The minimum atomic E-state index is 0.392. The number of anilines is 1. The molecule has 3 rings (SSSR count). The molecule has 0 radical (unpaired) electrons. The van der Waals surface area contributed by atoms with Crippen LogP contribution in [-0.4, -0.2) is 29.2 Å². The van der Waals surface area contributed by atoms with Crippen LogP contribution in [0.15, 0.2) is 0 Å². The number of nitrogens with zero attached hydrogens (tertiary/aromatic N) is 2. The van der Waals surface area contributed by atoms with E-state index in [1.807, 2.05) is 6.92 Å². The Morgan fingerprint density at radius 2 is 2.00 bits per heavy atom. The van der Waals surface area contributed by atoms with Crippen LogP contribution in [0.3, 0.4) is 0 Å². The van der Waals surface area contributed by atoms with Crippen LogP contribution in [0.1, 0.15) is 43.0 Å². The highest BCUT2D eigenvalue weighted by Gasteiger charge is 2.31. The quantitative estimate of drug-likeness (QED) is 0.852. The second kappa shape index (κ2) is 4.67. The van der Waals surface area contributed by atoms with E-state index in [2.05, 4.69) is 15.3 Å². The summed E-state index contributed by atoms with van der Waals surface area (Å²) in [7, 11) is 1.76. The topological polar surface area (TPSA) is 47.0 Å². The number of hydrogen-bond donors (Lipinski definition) is 1. The van der Waals surface area contributed by atoms with Crippen molar-refractivity contribution in [2.75, 3.05) is 12.4 Å². The van der Waals surface area contributed by atoms with Gasteiger partial charge in [-0.3, -0.25) is 0 Å². The smallest absolute Gasteiger partial charge is 0.137 e. The summed E-state index contributed by atoms with van der Waals surface area (Å²) in [4.78, 5) is 8.99. The molecule has 4 nitrogen and oxygen atoms in total. The first-order valence-corrected chi connectivity index (χ1v) is 6.88. The van der Waals surface area contributed by atoms with Crippen molar-refractivity contribution in [2.24, 2.45) is 0 Å². The average molecular weight is 268 g/mol. The average Bonchev–Trinajstić information content (AvgIpc) is 3.11. The Balaban J connectivity index is 1.74. The Kier molecular flexibility index (Phi) is 3.16. The third-order valence-electron chi connectivity index (χ3n) is 3.82. The van der Waals surface area contributed by atoms with Gasteiger partial charge in [0.2, 0.25) is 0 Å². The Labute approximate surface area is 112 Å². The summed E-state index contributed by atoms with van der Waals surface area (Å²) < 4.78 is 5.28. The number of halogens is 1. The number of nitrogens with one attached hydrogen (secondary N) is 1.